The van der Waals surface area contributed by atoms with Crippen LogP contribution in [0.5, 0.6) is 0 Å². The maximum atomic E-state index is 12.6. The predicted octanol–water partition coefficient (Wildman–Crippen LogP) is 7.19. The molecule has 4 aromatic rings. The lowest BCUT2D eigenvalue weighted by molar-refractivity contribution is -0.134. The van der Waals surface area contributed by atoms with E-state index in [2.05, 4.69) is 20.8 Å². The number of hydrogen-bond acceptors (Lipinski definition) is 8. The number of fused-ring (bicyclic) bond motifs is 6. The Kier molecular flexibility index (Phi) is 14.3. The molecular formula is C37H48Cl4N8O6. The number of carbonyl (C=O) groups excluding carboxylic acids is 4. The lowest BCUT2D eigenvalue weighted by Gasteiger charge is -2.34. The molecule has 0 bridgehead atoms. The van der Waals surface area contributed by atoms with Crippen LogP contribution in [0.3, 0.4) is 0 Å². The molecule has 2 aromatic heterocycles. The first-order valence-electron chi connectivity index (χ1n) is 17.7. The van der Waals surface area contributed by atoms with Crippen molar-refractivity contribution in [1.29, 1.82) is 0 Å². The summed E-state index contributed by atoms with van der Waals surface area (Å²) in [5.41, 5.74) is 2.54. The summed E-state index contributed by atoms with van der Waals surface area (Å²) in [4.78, 5) is 50.4. The third-order valence-electron chi connectivity index (χ3n) is 8.89. The monoisotopic (exact) mass is 840 g/mol. The third-order valence-corrected chi connectivity index (χ3v) is 10.5. The molecule has 2 aliphatic rings. The zero-order chi connectivity index (χ0) is 41.0. The van der Waals surface area contributed by atoms with Crippen LogP contribution in [0.25, 0.3) is 21.8 Å². The van der Waals surface area contributed by atoms with Gasteiger partial charge in [0.25, 0.3) is 0 Å². The summed E-state index contributed by atoms with van der Waals surface area (Å²) < 4.78 is 13.8. The highest BCUT2D eigenvalue weighted by Crippen LogP contribution is 2.38. The van der Waals surface area contributed by atoms with Crippen molar-refractivity contribution >= 4 is 92.5 Å². The van der Waals surface area contributed by atoms with Gasteiger partial charge in [0.2, 0.25) is 18.2 Å². The van der Waals surface area contributed by atoms with E-state index in [1.807, 2.05) is 56.1 Å². The molecule has 300 valence electrons. The average Bonchev–Trinajstić information content (AvgIpc) is 3.69. The largest absolute Gasteiger partial charge is 0.444 e. The van der Waals surface area contributed by atoms with Crippen LogP contribution < -0.4 is 10.6 Å². The number of nitrogens with one attached hydrogen (secondary N) is 2. The molecule has 2 aromatic carbocycles. The van der Waals surface area contributed by atoms with Gasteiger partial charge < -0.3 is 29.9 Å². The van der Waals surface area contributed by atoms with Crippen LogP contribution in [0.15, 0.2) is 24.3 Å². The topological polar surface area (TPSA) is 153 Å². The zero-order valence-electron chi connectivity index (χ0n) is 32.4. The van der Waals surface area contributed by atoms with E-state index in [1.165, 1.54) is 0 Å². The predicted molar refractivity (Wildman–Crippen MR) is 215 cm³/mol. The fourth-order valence-electron chi connectivity index (χ4n) is 6.10. The highest BCUT2D eigenvalue weighted by Gasteiger charge is 2.33. The highest BCUT2D eigenvalue weighted by molar-refractivity contribution is 6.45. The number of aromatic nitrogens is 4. The second-order valence-electron chi connectivity index (χ2n) is 14.9. The minimum Gasteiger partial charge on any atom is -0.444 e. The number of halogens is 4. The van der Waals surface area contributed by atoms with E-state index in [-0.39, 0.29) is 42.6 Å². The molecule has 0 fully saturated rings. The van der Waals surface area contributed by atoms with Gasteiger partial charge in [0.1, 0.15) is 23.2 Å². The Morgan fingerprint density at radius 3 is 1.55 bits per heavy atom. The number of nitrogens with zero attached hydrogens (tertiary/aromatic N) is 6. The van der Waals surface area contributed by atoms with Gasteiger partial charge in [-0.05, 0) is 79.7 Å². The van der Waals surface area contributed by atoms with Crippen molar-refractivity contribution in [3.8, 4) is 0 Å². The lowest BCUT2D eigenvalue weighted by atomic mass is 10.1. The van der Waals surface area contributed by atoms with Gasteiger partial charge in [-0.3, -0.25) is 23.7 Å². The van der Waals surface area contributed by atoms with Gasteiger partial charge in [-0.1, -0.05) is 46.4 Å². The molecule has 2 aliphatic heterocycles. The first-order valence-corrected chi connectivity index (χ1v) is 19.2. The first kappa shape index (κ1) is 43.9. The number of benzene rings is 2. The van der Waals surface area contributed by atoms with Crippen molar-refractivity contribution in [2.75, 3.05) is 33.3 Å². The lowest BCUT2D eigenvalue weighted by Crippen LogP contribution is -2.46. The van der Waals surface area contributed by atoms with Crippen LogP contribution in [0.1, 0.15) is 78.9 Å². The van der Waals surface area contributed by atoms with Crippen LogP contribution in [-0.4, -0.2) is 98.2 Å². The van der Waals surface area contributed by atoms with E-state index in [9.17, 15) is 19.2 Å². The highest BCUT2D eigenvalue weighted by atomic mass is 35.5. The average molecular weight is 843 g/mol. The number of methoxy groups -OCH3 is 1. The van der Waals surface area contributed by atoms with Gasteiger partial charge >= 0.3 is 6.09 Å². The molecule has 2 N–H and O–H groups in total. The van der Waals surface area contributed by atoms with E-state index in [0.29, 0.717) is 63.7 Å². The molecule has 4 heterocycles. The number of carbonyl (C=O) groups is 4. The third kappa shape index (κ3) is 10.5. The summed E-state index contributed by atoms with van der Waals surface area (Å²) in [7, 11) is 1.71. The maximum Gasteiger partial charge on any atom is 0.408 e. The van der Waals surface area contributed by atoms with E-state index in [0.717, 1.165) is 22.2 Å². The molecule has 0 saturated heterocycles. The molecule has 18 heteroatoms. The van der Waals surface area contributed by atoms with E-state index >= 15 is 0 Å². The molecular weight excluding hydrogens is 794 g/mol. The van der Waals surface area contributed by atoms with E-state index < -0.39 is 11.7 Å². The standard InChI is InChI=1S/C18H22Cl2N4O3.C14H14Cl2N4O2.C5H12O/c1-10-16-11-5-6-12(19)14(20)15(11)22-24(16)8-7-23(10)13(25)9-21-17(26)27-18(2,3)4;1-8-14-9-2-3-10(15)12(16)13(9)18-20(14)5-4-19(8)11(22)6-17-7-21;1-5(2,3)6-4/h5-6,10H,7-9H2,1-4H3,(H,21,26);2-3,7-8H,4-6H2,1H3,(H,17,21);1-4H3/t10-;;/m0../s1. The van der Waals surface area contributed by atoms with Gasteiger partial charge in [0.05, 0.1) is 68.8 Å². The molecule has 0 radical (unpaired) electrons. The van der Waals surface area contributed by atoms with E-state index in [1.54, 1.807) is 49.8 Å². The quantitative estimate of drug-likeness (QED) is 0.200. The summed E-state index contributed by atoms with van der Waals surface area (Å²) >= 11 is 24.6. The number of hydrogen-bond donors (Lipinski definition) is 2. The molecule has 6 rings (SSSR count). The second kappa shape index (κ2) is 18.0. The number of rotatable bonds is 5. The van der Waals surface area contributed by atoms with Crippen molar-refractivity contribution in [3.05, 3.63) is 55.7 Å². The van der Waals surface area contributed by atoms with Crippen LogP contribution in [0.2, 0.25) is 20.1 Å². The van der Waals surface area contributed by atoms with Gasteiger partial charge in [-0.2, -0.15) is 10.2 Å². The normalized spacial score (nSPS) is 16.6. The summed E-state index contributed by atoms with van der Waals surface area (Å²) in [6, 6.07) is 6.83. The summed E-state index contributed by atoms with van der Waals surface area (Å²) in [6.07, 6.45) is -0.0917. The molecule has 1 unspecified atom stereocenters. The molecule has 0 spiro atoms. The Hall–Kier alpha value is -3.82. The number of amides is 4. The van der Waals surface area contributed by atoms with Crippen LogP contribution in [0.4, 0.5) is 4.79 Å². The zero-order valence-corrected chi connectivity index (χ0v) is 35.5. The fraction of sp³-hybridized carbons (Fsp3) is 0.514. The van der Waals surface area contributed by atoms with Crippen molar-refractivity contribution in [3.63, 3.8) is 0 Å². The molecule has 2 atom stereocenters. The van der Waals surface area contributed by atoms with Gasteiger partial charge in [-0.15, -0.1) is 0 Å². The van der Waals surface area contributed by atoms with Gasteiger partial charge in [0.15, 0.2) is 0 Å². The molecule has 0 aliphatic carbocycles. The van der Waals surface area contributed by atoms with Crippen LogP contribution in [-0.2, 0) is 36.9 Å². The minimum absolute atomic E-state index is 0.00745. The maximum absolute atomic E-state index is 12.6. The first-order chi connectivity index (χ1) is 25.7. The van der Waals surface area contributed by atoms with Crippen molar-refractivity contribution in [1.82, 2.24) is 40.0 Å². The van der Waals surface area contributed by atoms with Crippen molar-refractivity contribution in [2.45, 2.75) is 91.8 Å². The Balaban J connectivity index is 0.000000216. The molecule has 0 saturated carbocycles. The Morgan fingerprint density at radius 2 is 1.16 bits per heavy atom. The molecule has 4 amide bonds. The van der Waals surface area contributed by atoms with E-state index in [4.69, 9.17) is 55.9 Å². The van der Waals surface area contributed by atoms with Crippen LogP contribution in [0, 0.1) is 0 Å². The number of ether oxygens (including phenoxy) is 2. The summed E-state index contributed by atoms with van der Waals surface area (Å²) in [5, 5.41) is 17.5. The van der Waals surface area contributed by atoms with Gasteiger partial charge in [0, 0.05) is 31.0 Å². The Labute approximate surface area is 340 Å². The number of alkyl carbamates (subject to hydrolysis) is 1. The smallest absolute Gasteiger partial charge is 0.408 e. The fourth-order valence-corrected chi connectivity index (χ4v) is 6.81. The van der Waals surface area contributed by atoms with Crippen LogP contribution >= 0.6 is 46.4 Å². The molecule has 55 heavy (non-hydrogen) atoms. The Morgan fingerprint density at radius 1 is 0.745 bits per heavy atom. The minimum atomic E-state index is -0.614. The molecule has 14 nitrogen and oxygen atoms in total. The van der Waals surface area contributed by atoms with Gasteiger partial charge in [-0.25, -0.2) is 4.79 Å². The Bertz CT molecular complexity index is 2060. The SMILES string of the molecule is CC1c2c3ccc(Cl)c(Cl)c3nn2CCN1C(=O)CNC=O.COC(C)(C)C.C[C@H]1c2c3ccc(Cl)c(Cl)c3nn2CCN1C(=O)CNC(=O)OC(C)(C)C. The van der Waals surface area contributed by atoms with Crippen molar-refractivity contribution in [2.24, 2.45) is 0 Å². The second-order valence-corrected chi connectivity index (χ2v) is 16.5. The summed E-state index contributed by atoms with van der Waals surface area (Å²) in [5.74, 6) is -0.311. The summed E-state index contributed by atoms with van der Waals surface area (Å²) in [6.45, 7) is 17.2. The van der Waals surface area contributed by atoms with Crippen molar-refractivity contribution < 1.29 is 28.7 Å².